The molecular formula is C15H26N4O8S. The topological polar surface area (TPSA) is 185 Å². The summed E-state index contributed by atoms with van der Waals surface area (Å²) in [4.78, 5) is 57.1. The fourth-order valence-electron chi connectivity index (χ4n) is 1.91. The molecule has 0 rings (SSSR count). The van der Waals surface area contributed by atoms with Crippen LogP contribution in [-0.4, -0.2) is 81.2 Å². The first-order valence-electron chi connectivity index (χ1n) is 8.51. The molecule has 2 atom stereocenters. The maximum absolute atomic E-state index is 11.9. The number of hydroxylamine groups is 2. The van der Waals surface area contributed by atoms with Crippen LogP contribution in [0.1, 0.15) is 32.6 Å². The van der Waals surface area contributed by atoms with Crippen LogP contribution in [0.15, 0.2) is 0 Å². The predicted molar refractivity (Wildman–Crippen MR) is 99.0 cm³/mol. The second-order valence-corrected chi connectivity index (χ2v) is 6.14. The van der Waals surface area contributed by atoms with Crippen LogP contribution in [0, 0.1) is 0 Å². The summed E-state index contributed by atoms with van der Waals surface area (Å²) in [5.74, 6) is -4.19. The lowest BCUT2D eigenvalue weighted by atomic mass is 10.1. The fraction of sp³-hybridized carbons (Fsp3) is 0.667. The van der Waals surface area contributed by atoms with Crippen LogP contribution in [0.2, 0.25) is 0 Å². The van der Waals surface area contributed by atoms with Crippen LogP contribution in [0.4, 0.5) is 4.79 Å². The van der Waals surface area contributed by atoms with Gasteiger partial charge in [-0.25, -0.2) is 14.7 Å². The Morgan fingerprint density at radius 2 is 1.71 bits per heavy atom. The van der Waals surface area contributed by atoms with Gasteiger partial charge in [0.25, 0.3) is 0 Å². The van der Waals surface area contributed by atoms with Crippen LogP contribution >= 0.6 is 12.6 Å². The van der Waals surface area contributed by atoms with Gasteiger partial charge >= 0.3 is 18.0 Å². The minimum atomic E-state index is -1.43. The number of hydrogen-bond donors (Lipinski definition) is 7. The number of rotatable bonds is 13. The number of carbonyl (C=O) groups is 5. The molecule has 4 amide bonds. The summed E-state index contributed by atoms with van der Waals surface area (Å²) in [5.41, 5.74) is 0. The first kappa shape index (κ1) is 25.5. The van der Waals surface area contributed by atoms with Crippen molar-refractivity contribution in [3.05, 3.63) is 0 Å². The molecule has 0 saturated carbocycles. The molecule has 0 aromatic heterocycles. The monoisotopic (exact) mass is 422 g/mol. The van der Waals surface area contributed by atoms with E-state index in [2.05, 4.69) is 28.6 Å². The summed E-state index contributed by atoms with van der Waals surface area (Å²) >= 11 is 3.90. The normalized spacial score (nSPS) is 12.4. The molecule has 28 heavy (non-hydrogen) atoms. The molecular weight excluding hydrogens is 396 g/mol. The average molecular weight is 422 g/mol. The van der Waals surface area contributed by atoms with E-state index in [1.807, 2.05) is 6.92 Å². The van der Waals surface area contributed by atoms with Crippen molar-refractivity contribution in [2.75, 3.05) is 18.8 Å². The van der Waals surface area contributed by atoms with Gasteiger partial charge in [-0.05, 0) is 12.8 Å². The van der Waals surface area contributed by atoms with Crippen molar-refractivity contribution in [2.45, 2.75) is 44.7 Å². The lowest BCUT2D eigenvalue weighted by molar-refractivity contribution is -0.140. The second-order valence-electron chi connectivity index (χ2n) is 5.77. The molecule has 0 spiro atoms. The van der Waals surface area contributed by atoms with E-state index in [9.17, 15) is 29.2 Å². The van der Waals surface area contributed by atoms with E-state index in [1.165, 1.54) is 0 Å². The van der Waals surface area contributed by atoms with Gasteiger partial charge in [0.15, 0.2) is 0 Å². The number of carbonyl (C=O) groups excluding carboxylic acids is 3. The largest absolute Gasteiger partial charge is 0.480 e. The minimum Gasteiger partial charge on any atom is -0.480 e. The highest BCUT2D eigenvalue weighted by molar-refractivity contribution is 7.80. The molecule has 0 aromatic rings. The van der Waals surface area contributed by atoms with E-state index < -0.39 is 48.4 Å². The fourth-order valence-corrected chi connectivity index (χ4v) is 2.17. The van der Waals surface area contributed by atoms with Gasteiger partial charge in [-0.15, -0.1) is 0 Å². The molecule has 12 nitrogen and oxygen atoms in total. The Labute approximate surface area is 167 Å². The summed E-state index contributed by atoms with van der Waals surface area (Å²) in [6.07, 6.45) is 0.622. The molecule has 0 aliphatic carbocycles. The molecule has 0 radical (unpaired) electrons. The Bertz CT molecular complexity index is 574. The van der Waals surface area contributed by atoms with Gasteiger partial charge in [0.05, 0.1) is 6.54 Å². The number of amides is 4. The average Bonchev–Trinajstić information content (AvgIpc) is 2.64. The van der Waals surface area contributed by atoms with Crippen molar-refractivity contribution in [3.8, 4) is 0 Å². The number of nitrogens with zero attached hydrogens (tertiary/aromatic N) is 1. The highest BCUT2D eigenvalue weighted by Gasteiger charge is 2.25. The highest BCUT2D eigenvalue weighted by Crippen LogP contribution is 2.02. The third kappa shape index (κ3) is 10.6. The van der Waals surface area contributed by atoms with Crippen molar-refractivity contribution in [2.24, 2.45) is 0 Å². The van der Waals surface area contributed by atoms with Gasteiger partial charge in [-0.3, -0.25) is 19.6 Å². The zero-order valence-electron chi connectivity index (χ0n) is 15.4. The summed E-state index contributed by atoms with van der Waals surface area (Å²) in [6.45, 7) is 1.26. The smallest absolute Gasteiger partial charge is 0.341 e. The van der Waals surface area contributed by atoms with Gasteiger partial charge in [-0.2, -0.15) is 12.6 Å². The quantitative estimate of drug-likeness (QED) is 0.112. The Hall–Kier alpha value is -2.54. The lowest BCUT2D eigenvalue weighted by Gasteiger charge is -2.20. The standard InChI is InChI=1S/C15H26N4O8S/c1-2-3-6-19(27)15(26)18-9(14(24)25)4-5-11(20)17-10(8-28)13(23)16-7-12(21)22/h9-10,27-28H,2-8H2,1H3,(H,16,23)(H,17,20)(H,18,26)(H,21,22)(H,24,25)/t9-,10-/m0/s1. The van der Waals surface area contributed by atoms with Gasteiger partial charge in [-0.1, -0.05) is 13.3 Å². The van der Waals surface area contributed by atoms with Gasteiger partial charge in [0, 0.05) is 12.2 Å². The first-order valence-corrected chi connectivity index (χ1v) is 9.15. The molecule has 0 heterocycles. The zero-order valence-corrected chi connectivity index (χ0v) is 16.3. The molecule has 0 bridgehead atoms. The number of carboxylic acid groups (broad SMARTS) is 2. The van der Waals surface area contributed by atoms with Crippen molar-refractivity contribution in [1.82, 2.24) is 21.0 Å². The lowest BCUT2D eigenvalue weighted by Crippen LogP contribution is -2.50. The summed E-state index contributed by atoms with van der Waals surface area (Å²) in [7, 11) is 0. The van der Waals surface area contributed by atoms with Crippen molar-refractivity contribution in [3.63, 3.8) is 0 Å². The second kappa shape index (κ2) is 13.6. The van der Waals surface area contributed by atoms with Crippen LogP contribution in [-0.2, 0) is 19.2 Å². The predicted octanol–water partition coefficient (Wildman–Crippen LogP) is -0.964. The minimum absolute atomic E-state index is 0.0320. The third-order valence-electron chi connectivity index (χ3n) is 3.46. The summed E-state index contributed by atoms with van der Waals surface area (Å²) in [5, 5.41) is 34.0. The SMILES string of the molecule is CCCCN(O)C(=O)N[C@@H](CCC(=O)N[C@@H](CS)C(=O)NCC(=O)O)C(=O)O. The van der Waals surface area contributed by atoms with Gasteiger partial charge in [0.2, 0.25) is 11.8 Å². The maximum Gasteiger partial charge on any atom is 0.341 e. The number of thiol groups is 1. The van der Waals surface area contributed by atoms with E-state index in [4.69, 9.17) is 10.2 Å². The Kier molecular flexibility index (Phi) is 12.4. The third-order valence-corrected chi connectivity index (χ3v) is 3.83. The molecule has 0 unspecified atom stereocenters. The number of unbranched alkanes of at least 4 members (excludes halogenated alkanes) is 1. The van der Waals surface area contributed by atoms with Crippen LogP contribution in [0.5, 0.6) is 0 Å². The molecule has 160 valence electrons. The van der Waals surface area contributed by atoms with Crippen molar-refractivity contribution >= 4 is 42.4 Å². The molecule has 0 fully saturated rings. The number of urea groups is 1. The molecule has 0 aliphatic rings. The van der Waals surface area contributed by atoms with Crippen LogP contribution < -0.4 is 16.0 Å². The number of hydrogen-bond acceptors (Lipinski definition) is 7. The Morgan fingerprint density at radius 3 is 2.21 bits per heavy atom. The first-order chi connectivity index (χ1) is 13.1. The van der Waals surface area contributed by atoms with Crippen molar-refractivity contribution < 1.29 is 39.4 Å². The molecule has 0 saturated heterocycles. The molecule has 0 aliphatic heterocycles. The van der Waals surface area contributed by atoms with Gasteiger partial charge < -0.3 is 26.2 Å². The summed E-state index contributed by atoms with van der Waals surface area (Å²) < 4.78 is 0. The van der Waals surface area contributed by atoms with E-state index in [0.29, 0.717) is 11.5 Å². The Balaban J connectivity index is 4.59. The zero-order chi connectivity index (χ0) is 21.7. The van der Waals surface area contributed by atoms with E-state index in [-0.39, 0.29) is 25.1 Å². The number of carboxylic acids is 2. The number of nitrogens with one attached hydrogen (secondary N) is 3. The highest BCUT2D eigenvalue weighted by atomic mass is 32.1. The Morgan fingerprint density at radius 1 is 1.07 bits per heavy atom. The maximum atomic E-state index is 11.9. The van der Waals surface area contributed by atoms with E-state index in [0.717, 1.165) is 6.42 Å². The van der Waals surface area contributed by atoms with Crippen LogP contribution in [0.25, 0.3) is 0 Å². The molecule has 6 N–H and O–H groups in total. The van der Waals surface area contributed by atoms with Gasteiger partial charge in [0.1, 0.15) is 18.6 Å². The summed E-state index contributed by atoms with van der Waals surface area (Å²) in [6, 6.07) is -3.53. The number of aliphatic carboxylic acids is 2. The van der Waals surface area contributed by atoms with Crippen molar-refractivity contribution in [1.29, 1.82) is 0 Å². The molecule has 13 heteroatoms. The van der Waals surface area contributed by atoms with E-state index in [1.54, 1.807) is 0 Å². The molecule has 0 aromatic carbocycles. The van der Waals surface area contributed by atoms with Crippen LogP contribution in [0.3, 0.4) is 0 Å². The van der Waals surface area contributed by atoms with E-state index >= 15 is 0 Å².